The van der Waals surface area contributed by atoms with Gasteiger partial charge < -0.3 is 5.32 Å². The molecule has 1 unspecified atom stereocenters. The highest BCUT2D eigenvalue weighted by molar-refractivity contribution is 6.31. The Labute approximate surface area is 119 Å². The zero-order valence-electron chi connectivity index (χ0n) is 11.6. The average molecular weight is 278 g/mol. The number of nitrogens with one attached hydrogen (secondary N) is 1. The maximum Gasteiger partial charge on any atom is 0.0837 e. The summed E-state index contributed by atoms with van der Waals surface area (Å²) >= 11 is 6.35. The number of nitrogens with zero attached hydrogens (tertiary/aromatic N) is 2. The molecule has 1 heterocycles. The van der Waals surface area contributed by atoms with E-state index in [1.807, 2.05) is 22.9 Å². The summed E-state index contributed by atoms with van der Waals surface area (Å²) in [6.45, 7) is 7.20. The van der Waals surface area contributed by atoms with Crippen LogP contribution in [0, 0.1) is 0 Å². The van der Waals surface area contributed by atoms with Crippen molar-refractivity contribution in [3.8, 4) is 0 Å². The fraction of sp³-hybridized carbons (Fsp3) is 0.400. The molecule has 0 saturated carbocycles. The van der Waals surface area contributed by atoms with Crippen LogP contribution in [-0.4, -0.2) is 16.3 Å². The zero-order chi connectivity index (χ0) is 13.8. The van der Waals surface area contributed by atoms with Crippen molar-refractivity contribution < 1.29 is 0 Å². The molecule has 0 aliphatic heterocycles. The number of aromatic nitrogens is 2. The lowest BCUT2D eigenvalue weighted by Crippen LogP contribution is -2.25. The minimum atomic E-state index is 0.0728. The molecule has 0 saturated heterocycles. The van der Waals surface area contributed by atoms with E-state index in [9.17, 15) is 0 Å². The molecule has 1 atom stereocenters. The van der Waals surface area contributed by atoms with Crippen molar-refractivity contribution in [3.05, 3.63) is 52.8 Å². The Morgan fingerprint density at radius 2 is 1.95 bits per heavy atom. The molecule has 19 heavy (non-hydrogen) atoms. The van der Waals surface area contributed by atoms with Crippen LogP contribution in [0.3, 0.4) is 0 Å². The summed E-state index contributed by atoms with van der Waals surface area (Å²) in [5.74, 6) is 0. The van der Waals surface area contributed by atoms with E-state index >= 15 is 0 Å². The Morgan fingerprint density at radius 1 is 1.26 bits per heavy atom. The molecule has 3 nitrogen and oxygen atoms in total. The summed E-state index contributed by atoms with van der Waals surface area (Å²) in [6.07, 6.45) is 1.73. The number of benzene rings is 1. The number of hydrogen-bond donors (Lipinski definition) is 1. The number of halogens is 1. The third-order valence-electron chi connectivity index (χ3n) is 3.09. The predicted octanol–water partition coefficient (Wildman–Crippen LogP) is 3.82. The van der Waals surface area contributed by atoms with Crippen molar-refractivity contribution in [2.75, 3.05) is 6.54 Å². The number of rotatable bonds is 5. The fourth-order valence-corrected chi connectivity index (χ4v) is 2.49. The second kappa shape index (κ2) is 6.22. The van der Waals surface area contributed by atoms with Crippen LogP contribution < -0.4 is 5.32 Å². The molecule has 2 aromatic rings. The molecule has 4 heteroatoms. The van der Waals surface area contributed by atoms with Gasteiger partial charge in [-0.25, -0.2) is 0 Å². The van der Waals surface area contributed by atoms with E-state index in [2.05, 4.69) is 43.3 Å². The van der Waals surface area contributed by atoms with Crippen LogP contribution in [0.25, 0.3) is 0 Å². The van der Waals surface area contributed by atoms with Crippen LogP contribution in [-0.2, 0) is 0 Å². The highest BCUT2D eigenvalue weighted by atomic mass is 35.5. The first-order valence-corrected chi connectivity index (χ1v) is 7.04. The smallest absolute Gasteiger partial charge is 0.0837 e. The van der Waals surface area contributed by atoms with Crippen molar-refractivity contribution in [2.24, 2.45) is 0 Å². The molecule has 0 aliphatic rings. The average Bonchev–Trinajstić information content (AvgIpc) is 2.79. The Hall–Kier alpha value is -1.32. The first kappa shape index (κ1) is 14.1. The van der Waals surface area contributed by atoms with Crippen molar-refractivity contribution in [1.29, 1.82) is 0 Å². The van der Waals surface area contributed by atoms with Gasteiger partial charge in [0.25, 0.3) is 0 Å². The molecule has 0 amide bonds. The first-order chi connectivity index (χ1) is 9.15. The van der Waals surface area contributed by atoms with Gasteiger partial charge in [0.1, 0.15) is 0 Å². The number of hydrogen-bond acceptors (Lipinski definition) is 2. The highest BCUT2D eigenvalue weighted by Crippen LogP contribution is 2.30. The minimum absolute atomic E-state index is 0.0728. The van der Waals surface area contributed by atoms with E-state index in [1.54, 1.807) is 6.20 Å². The van der Waals surface area contributed by atoms with Crippen LogP contribution in [0.4, 0.5) is 0 Å². The van der Waals surface area contributed by atoms with Gasteiger partial charge >= 0.3 is 0 Å². The van der Waals surface area contributed by atoms with Gasteiger partial charge in [-0.3, -0.25) is 4.68 Å². The summed E-state index contributed by atoms with van der Waals surface area (Å²) in [5.41, 5.74) is 2.23. The van der Waals surface area contributed by atoms with Crippen molar-refractivity contribution >= 4 is 11.6 Å². The molecule has 1 aromatic heterocycles. The van der Waals surface area contributed by atoms with Crippen molar-refractivity contribution in [3.63, 3.8) is 0 Å². The first-order valence-electron chi connectivity index (χ1n) is 6.66. The molecular weight excluding hydrogens is 258 g/mol. The topological polar surface area (TPSA) is 29.9 Å². The molecule has 0 aliphatic carbocycles. The molecule has 0 spiro atoms. The summed E-state index contributed by atoms with van der Waals surface area (Å²) in [6, 6.07) is 10.7. The maximum atomic E-state index is 6.35. The summed E-state index contributed by atoms with van der Waals surface area (Å²) in [7, 11) is 0. The standard InChI is InChI=1S/C15H20ClN3/c1-4-17-14(12-8-6-5-7-9-12)15-13(16)10-18-19(15)11(2)3/h5-11,14,17H,4H2,1-3H3. The molecule has 1 N–H and O–H groups in total. The van der Waals surface area contributed by atoms with E-state index in [0.29, 0.717) is 5.02 Å². The Kier molecular flexibility index (Phi) is 4.61. The predicted molar refractivity (Wildman–Crippen MR) is 79.6 cm³/mol. The largest absolute Gasteiger partial charge is 0.305 e. The van der Waals surface area contributed by atoms with Crippen LogP contribution in [0.1, 0.15) is 44.1 Å². The molecule has 1 aromatic carbocycles. The van der Waals surface area contributed by atoms with Crippen LogP contribution in [0.5, 0.6) is 0 Å². The zero-order valence-corrected chi connectivity index (χ0v) is 12.4. The molecule has 0 fully saturated rings. The third kappa shape index (κ3) is 2.99. The molecule has 102 valence electrons. The summed E-state index contributed by atoms with van der Waals surface area (Å²) in [4.78, 5) is 0. The Morgan fingerprint density at radius 3 is 2.53 bits per heavy atom. The lowest BCUT2D eigenvalue weighted by Gasteiger charge is -2.22. The minimum Gasteiger partial charge on any atom is -0.305 e. The van der Waals surface area contributed by atoms with Crippen LogP contribution in [0.15, 0.2) is 36.5 Å². The molecule has 0 radical (unpaired) electrons. The van der Waals surface area contributed by atoms with Gasteiger partial charge in [0.2, 0.25) is 0 Å². The van der Waals surface area contributed by atoms with Crippen molar-refractivity contribution in [1.82, 2.24) is 15.1 Å². The third-order valence-corrected chi connectivity index (χ3v) is 3.38. The maximum absolute atomic E-state index is 6.35. The summed E-state index contributed by atoms with van der Waals surface area (Å²) in [5, 5.41) is 8.59. The van der Waals surface area contributed by atoms with Gasteiger partial charge in [0.05, 0.1) is 23.0 Å². The van der Waals surface area contributed by atoms with Gasteiger partial charge in [-0.05, 0) is 26.0 Å². The van der Waals surface area contributed by atoms with Gasteiger partial charge in [-0.2, -0.15) is 5.10 Å². The van der Waals surface area contributed by atoms with E-state index < -0.39 is 0 Å². The van der Waals surface area contributed by atoms with E-state index in [0.717, 1.165) is 12.2 Å². The fourth-order valence-electron chi connectivity index (χ4n) is 2.25. The second-order valence-corrected chi connectivity index (χ2v) is 5.22. The van der Waals surface area contributed by atoms with E-state index in [-0.39, 0.29) is 12.1 Å². The van der Waals surface area contributed by atoms with E-state index in [4.69, 9.17) is 11.6 Å². The van der Waals surface area contributed by atoms with Crippen LogP contribution >= 0.6 is 11.6 Å². The van der Waals surface area contributed by atoms with E-state index in [1.165, 1.54) is 5.56 Å². The normalized spacial score (nSPS) is 12.9. The lowest BCUT2D eigenvalue weighted by molar-refractivity contribution is 0.476. The second-order valence-electron chi connectivity index (χ2n) is 4.82. The van der Waals surface area contributed by atoms with Crippen molar-refractivity contribution in [2.45, 2.75) is 32.9 Å². The SMILES string of the molecule is CCNC(c1ccccc1)c1c(Cl)cnn1C(C)C. The van der Waals surface area contributed by atoms with Gasteiger partial charge in [-0.15, -0.1) is 0 Å². The lowest BCUT2D eigenvalue weighted by atomic mass is 10.0. The summed E-state index contributed by atoms with van der Waals surface area (Å²) < 4.78 is 1.99. The van der Waals surface area contributed by atoms with Gasteiger partial charge in [0, 0.05) is 6.04 Å². The monoisotopic (exact) mass is 277 g/mol. The van der Waals surface area contributed by atoms with Crippen LogP contribution in [0.2, 0.25) is 5.02 Å². The molecule has 2 rings (SSSR count). The Balaban J connectivity index is 2.48. The molecule has 0 bridgehead atoms. The van der Waals surface area contributed by atoms with Gasteiger partial charge in [0.15, 0.2) is 0 Å². The highest BCUT2D eigenvalue weighted by Gasteiger charge is 2.22. The quantitative estimate of drug-likeness (QED) is 0.900. The Bertz CT molecular complexity index is 519. The van der Waals surface area contributed by atoms with Gasteiger partial charge in [-0.1, -0.05) is 48.9 Å². The molecular formula is C15H20ClN3.